The smallest absolute Gasteiger partial charge is 0.311 e. The molecular weight excluding hydrogens is 404 g/mol. The highest BCUT2D eigenvalue weighted by Crippen LogP contribution is 2.28. The van der Waals surface area contributed by atoms with E-state index in [-0.39, 0.29) is 12.4 Å². The van der Waals surface area contributed by atoms with Gasteiger partial charge in [-0.3, -0.25) is 4.79 Å². The number of benzene rings is 1. The second kappa shape index (κ2) is 7.25. The van der Waals surface area contributed by atoms with Crippen LogP contribution in [0.25, 0.3) is 10.7 Å². The van der Waals surface area contributed by atoms with Gasteiger partial charge in [-0.1, -0.05) is 22.8 Å². The van der Waals surface area contributed by atoms with Crippen LogP contribution in [0.5, 0.6) is 5.75 Å². The standard InChI is InChI=1S/C15H10BrClN2O3S/c16-10-8-9(17)3-4-11(10)21-14(20)6-5-13-18-15(19-22-13)12-2-1-7-23-12/h1-4,7-8H,5-6H2. The Labute approximate surface area is 149 Å². The molecule has 1 aromatic carbocycles. The molecule has 0 aliphatic heterocycles. The fraction of sp³-hybridized carbons (Fsp3) is 0.133. The minimum atomic E-state index is -0.385. The maximum absolute atomic E-state index is 11.9. The van der Waals surface area contributed by atoms with Crippen LogP contribution >= 0.6 is 38.9 Å². The summed E-state index contributed by atoms with van der Waals surface area (Å²) in [6, 6.07) is 8.77. The third kappa shape index (κ3) is 4.19. The van der Waals surface area contributed by atoms with Crippen molar-refractivity contribution in [1.29, 1.82) is 0 Å². The van der Waals surface area contributed by atoms with E-state index in [1.54, 1.807) is 18.2 Å². The average Bonchev–Trinajstić information content (AvgIpc) is 3.18. The van der Waals surface area contributed by atoms with E-state index in [0.29, 0.717) is 33.4 Å². The van der Waals surface area contributed by atoms with E-state index in [1.165, 1.54) is 11.3 Å². The first-order valence-corrected chi connectivity index (χ1v) is 8.69. The lowest BCUT2D eigenvalue weighted by Crippen LogP contribution is -2.09. The van der Waals surface area contributed by atoms with Gasteiger partial charge >= 0.3 is 5.97 Å². The Bertz CT molecular complexity index is 820. The van der Waals surface area contributed by atoms with Gasteiger partial charge in [0.2, 0.25) is 11.7 Å². The molecule has 2 heterocycles. The van der Waals surface area contributed by atoms with Crippen molar-refractivity contribution in [1.82, 2.24) is 10.1 Å². The summed E-state index contributed by atoms with van der Waals surface area (Å²) in [7, 11) is 0. The van der Waals surface area contributed by atoms with Gasteiger partial charge in [0.05, 0.1) is 15.8 Å². The zero-order valence-electron chi connectivity index (χ0n) is 11.7. The van der Waals surface area contributed by atoms with E-state index in [9.17, 15) is 4.79 Å². The lowest BCUT2D eigenvalue weighted by Gasteiger charge is -2.05. The summed E-state index contributed by atoms with van der Waals surface area (Å²) in [5.41, 5.74) is 0. The van der Waals surface area contributed by atoms with Crippen LogP contribution in [0, 0.1) is 0 Å². The van der Waals surface area contributed by atoms with E-state index in [1.807, 2.05) is 17.5 Å². The van der Waals surface area contributed by atoms with Crippen LogP contribution in [-0.2, 0) is 11.2 Å². The Kier molecular flexibility index (Phi) is 5.09. The Morgan fingerprint density at radius 1 is 1.39 bits per heavy atom. The zero-order valence-corrected chi connectivity index (χ0v) is 14.8. The van der Waals surface area contributed by atoms with Crippen LogP contribution < -0.4 is 4.74 Å². The van der Waals surface area contributed by atoms with E-state index >= 15 is 0 Å². The summed E-state index contributed by atoms with van der Waals surface area (Å²) in [4.78, 5) is 17.1. The fourth-order valence-electron chi connectivity index (χ4n) is 1.80. The van der Waals surface area contributed by atoms with Crippen LogP contribution in [0.4, 0.5) is 0 Å². The Hall–Kier alpha value is -1.70. The summed E-state index contributed by atoms with van der Waals surface area (Å²) < 4.78 is 11.0. The molecule has 0 spiro atoms. The Balaban J connectivity index is 1.57. The number of esters is 1. The highest BCUT2D eigenvalue weighted by Gasteiger charge is 2.13. The molecule has 0 N–H and O–H groups in total. The number of carbonyl (C=O) groups is 1. The molecule has 23 heavy (non-hydrogen) atoms. The number of ether oxygens (including phenoxy) is 1. The van der Waals surface area contributed by atoms with Crippen LogP contribution in [-0.4, -0.2) is 16.1 Å². The fourth-order valence-corrected chi connectivity index (χ4v) is 3.22. The van der Waals surface area contributed by atoms with E-state index in [4.69, 9.17) is 20.9 Å². The van der Waals surface area contributed by atoms with Crippen molar-refractivity contribution in [2.75, 3.05) is 0 Å². The molecule has 0 aliphatic carbocycles. The van der Waals surface area contributed by atoms with E-state index in [0.717, 1.165) is 4.88 Å². The topological polar surface area (TPSA) is 65.2 Å². The predicted molar refractivity (Wildman–Crippen MR) is 90.7 cm³/mol. The van der Waals surface area contributed by atoms with E-state index < -0.39 is 0 Å². The molecule has 3 aromatic rings. The van der Waals surface area contributed by atoms with Gasteiger partial charge in [0, 0.05) is 11.4 Å². The number of nitrogens with zero attached hydrogens (tertiary/aromatic N) is 2. The molecule has 5 nitrogen and oxygen atoms in total. The lowest BCUT2D eigenvalue weighted by atomic mass is 10.3. The highest BCUT2D eigenvalue weighted by molar-refractivity contribution is 9.10. The van der Waals surface area contributed by atoms with Crippen molar-refractivity contribution in [3.63, 3.8) is 0 Å². The molecule has 0 atom stereocenters. The zero-order chi connectivity index (χ0) is 16.2. The first-order valence-electron chi connectivity index (χ1n) is 6.64. The number of halogens is 2. The van der Waals surface area contributed by atoms with Gasteiger partial charge in [-0.2, -0.15) is 4.98 Å². The van der Waals surface area contributed by atoms with Crippen molar-refractivity contribution in [2.24, 2.45) is 0 Å². The molecule has 0 aliphatic rings. The van der Waals surface area contributed by atoms with Gasteiger partial charge in [0.15, 0.2) is 0 Å². The number of carbonyl (C=O) groups excluding carboxylic acids is 1. The lowest BCUT2D eigenvalue weighted by molar-refractivity contribution is -0.134. The Morgan fingerprint density at radius 2 is 2.26 bits per heavy atom. The SMILES string of the molecule is O=C(CCc1nc(-c2cccs2)no1)Oc1ccc(Cl)cc1Br. The summed E-state index contributed by atoms with van der Waals surface area (Å²) in [5.74, 6) is 0.970. The molecule has 0 unspecified atom stereocenters. The van der Waals surface area contributed by atoms with Crippen LogP contribution in [0.1, 0.15) is 12.3 Å². The minimum Gasteiger partial charge on any atom is -0.425 e. The molecule has 0 amide bonds. The molecule has 3 rings (SSSR count). The molecule has 118 valence electrons. The monoisotopic (exact) mass is 412 g/mol. The van der Waals surface area contributed by atoms with Gasteiger partial charge in [0.1, 0.15) is 5.75 Å². The average molecular weight is 414 g/mol. The van der Waals surface area contributed by atoms with Crippen LogP contribution in [0.15, 0.2) is 44.7 Å². The van der Waals surface area contributed by atoms with E-state index in [2.05, 4.69) is 26.1 Å². The van der Waals surface area contributed by atoms with Gasteiger partial charge in [-0.25, -0.2) is 0 Å². The number of hydrogen-bond donors (Lipinski definition) is 0. The third-order valence-electron chi connectivity index (χ3n) is 2.87. The maximum atomic E-state index is 11.9. The number of hydrogen-bond acceptors (Lipinski definition) is 6. The molecule has 0 bridgehead atoms. The first-order chi connectivity index (χ1) is 11.1. The Morgan fingerprint density at radius 3 is 3.00 bits per heavy atom. The number of thiophene rings is 1. The third-order valence-corrected chi connectivity index (χ3v) is 4.59. The normalized spacial score (nSPS) is 10.7. The second-order valence-corrected chi connectivity index (χ2v) is 6.78. The van der Waals surface area contributed by atoms with Crippen molar-refractivity contribution in [3.05, 3.63) is 51.1 Å². The van der Waals surface area contributed by atoms with Crippen LogP contribution in [0.3, 0.4) is 0 Å². The number of rotatable bonds is 5. The molecule has 0 radical (unpaired) electrons. The summed E-state index contributed by atoms with van der Waals surface area (Å²) in [6.07, 6.45) is 0.462. The molecule has 2 aromatic heterocycles. The molecule has 0 fully saturated rings. The predicted octanol–water partition coefficient (Wildman–Crippen LogP) is 4.75. The number of aryl methyl sites for hydroxylation is 1. The van der Waals surface area contributed by atoms with Gasteiger partial charge in [-0.05, 0) is 45.6 Å². The quantitative estimate of drug-likeness (QED) is 0.446. The van der Waals surface area contributed by atoms with Gasteiger partial charge in [-0.15, -0.1) is 11.3 Å². The molecule has 0 saturated carbocycles. The summed E-state index contributed by atoms with van der Waals surface area (Å²) in [6.45, 7) is 0. The largest absolute Gasteiger partial charge is 0.425 e. The number of aromatic nitrogens is 2. The van der Waals surface area contributed by atoms with Crippen molar-refractivity contribution in [3.8, 4) is 16.5 Å². The molecule has 0 saturated heterocycles. The van der Waals surface area contributed by atoms with Gasteiger partial charge < -0.3 is 9.26 Å². The first kappa shape index (κ1) is 16.2. The van der Waals surface area contributed by atoms with Gasteiger partial charge in [0.25, 0.3) is 0 Å². The summed E-state index contributed by atoms with van der Waals surface area (Å²) in [5, 5.41) is 6.39. The molecular formula is C15H10BrClN2O3S. The van der Waals surface area contributed by atoms with Crippen LogP contribution in [0.2, 0.25) is 5.02 Å². The minimum absolute atomic E-state index is 0.140. The highest BCUT2D eigenvalue weighted by atomic mass is 79.9. The second-order valence-electron chi connectivity index (χ2n) is 4.54. The van der Waals surface area contributed by atoms with Crippen molar-refractivity contribution >= 4 is 44.8 Å². The van der Waals surface area contributed by atoms with Crippen molar-refractivity contribution in [2.45, 2.75) is 12.8 Å². The molecule has 8 heteroatoms. The maximum Gasteiger partial charge on any atom is 0.311 e. The van der Waals surface area contributed by atoms with Crippen molar-refractivity contribution < 1.29 is 14.1 Å². The summed E-state index contributed by atoms with van der Waals surface area (Å²) >= 11 is 10.7.